The molecule has 0 saturated heterocycles. The van der Waals surface area contributed by atoms with Crippen LogP contribution < -0.4 is 0 Å². The molecule has 0 aliphatic heterocycles. The second-order valence-electron chi connectivity index (χ2n) is 0.812. The summed E-state index contributed by atoms with van der Waals surface area (Å²) in [5, 5.41) is 9.88. The Balaban J connectivity index is 3.05. The summed E-state index contributed by atoms with van der Waals surface area (Å²) in [6, 6.07) is 0. The fraction of sp³-hybridized carbons (Fsp3) is 0. The second kappa shape index (κ2) is 1.26. The van der Waals surface area contributed by atoms with E-state index < -0.39 is 0 Å². The molecule has 31 valence electrons. The minimum Gasteiger partial charge on any atom is -0.505 e. The van der Waals surface area contributed by atoms with E-state index in [4.69, 9.17) is 5.11 Å². The van der Waals surface area contributed by atoms with Crippen LogP contribution in [0, 0.1) is 6.20 Å². The van der Waals surface area contributed by atoms with Crippen molar-refractivity contribution in [1.29, 1.82) is 0 Å². The zero-order valence-corrected chi connectivity index (χ0v) is 3.70. The SMILES string of the molecule is Oc1[c]nsc1. The van der Waals surface area contributed by atoms with E-state index in [-0.39, 0.29) is 5.75 Å². The normalized spacial score (nSPS) is 8.67. The van der Waals surface area contributed by atoms with Crippen LogP contribution in [0.4, 0.5) is 0 Å². The number of hydrogen-bond donors (Lipinski definition) is 1. The van der Waals surface area contributed by atoms with E-state index in [1.165, 1.54) is 16.9 Å². The van der Waals surface area contributed by atoms with Crippen LogP contribution >= 0.6 is 11.5 Å². The van der Waals surface area contributed by atoms with Crippen LogP contribution in [0.15, 0.2) is 5.38 Å². The lowest BCUT2D eigenvalue weighted by atomic mass is 10.7. The van der Waals surface area contributed by atoms with E-state index in [9.17, 15) is 0 Å². The topological polar surface area (TPSA) is 33.1 Å². The van der Waals surface area contributed by atoms with Gasteiger partial charge in [0.1, 0.15) is 6.20 Å². The van der Waals surface area contributed by atoms with E-state index in [1.54, 1.807) is 0 Å². The van der Waals surface area contributed by atoms with Crippen molar-refractivity contribution in [2.24, 2.45) is 0 Å². The molecule has 1 aromatic rings. The number of rotatable bonds is 0. The Morgan fingerprint density at radius 3 is 3.00 bits per heavy atom. The van der Waals surface area contributed by atoms with Gasteiger partial charge in [-0.15, -0.1) is 0 Å². The van der Waals surface area contributed by atoms with Gasteiger partial charge in [-0.3, -0.25) is 0 Å². The van der Waals surface area contributed by atoms with Gasteiger partial charge in [0.15, 0.2) is 5.75 Å². The van der Waals surface area contributed by atoms with Crippen molar-refractivity contribution in [3.8, 4) is 5.75 Å². The summed E-state index contributed by atoms with van der Waals surface area (Å²) in [4.78, 5) is 0. The first-order chi connectivity index (χ1) is 2.89. The summed E-state index contributed by atoms with van der Waals surface area (Å²) in [7, 11) is 0. The van der Waals surface area contributed by atoms with Crippen LogP contribution in [-0.4, -0.2) is 9.48 Å². The Bertz CT molecular complexity index is 114. The van der Waals surface area contributed by atoms with Crippen LogP contribution in [0.1, 0.15) is 0 Å². The molecule has 3 heteroatoms. The minimum atomic E-state index is 0.125. The maximum absolute atomic E-state index is 8.36. The van der Waals surface area contributed by atoms with Crippen LogP contribution in [0.2, 0.25) is 0 Å². The lowest BCUT2D eigenvalue weighted by Gasteiger charge is -1.64. The first kappa shape index (κ1) is 3.61. The monoisotopic (exact) mass is 100.0 g/mol. The van der Waals surface area contributed by atoms with Gasteiger partial charge in [-0.2, -0.15) is 4.37 Å². The highest BCUT2D eigenvalue weighted by molar-refractivity contribution is 7.03. The fourth-order valence-corrected chi connectivity index (χ4v) is 0.527. The Morgan fingerprint density at radius 2 is 2.83 bits per heavy atom. The minimum absolute atomic E-state index is 0.125. The average Bonchev–Trinajstić information content (AvgIpc) is 1.86. The average molecular weight is 100 g/mol. The molecule has 0 atom stereocenters. The third kappa shape index (κ3) is 0.490. The van der Waals surface area contributed by atoms with Crippen molar-refractivity contribution in [3.63, 3.8) is 0 Å². The highest BCUT2D eigenvalue weighted by atomic mass is 32.1. The molecule has 2 nitrogen and oxygen atoms in total. The Labute approximate surface area is 39.2 Å². The third-order valence-corrected chi connectivity index (χ3v) is 0.903. The molecule has 6 heavy (non-hydrogen) atoms. The van der Waals surface area contributed by atoms with Crippen molar-refractivity contribution in [2.45, 2.75) is 0 Å². The summed E-state index contributed by atoms with van der Waals surface area (Å²) in [5.74, 6) is 0.125. The molecule has 1 aromatic heterocycles. The van der Waals surface area contributed by atoms with Crippen LogP contribution in [0.25, 0.3) is 0 Å². The van der Waals surface area contributed by atoms with Crippen LogP contribution in [0.5, 0.6) is 5.75 Å². The quantitative estimate of drug-likeness (QED) is 0.519. The number of aromatic nitrogens is 1. The van der Waals surface area contributed by atoms with E-state index in [2.05, 4.69) is 10.6 Å². The lowest BCUT2D eigenvalue weighted by Crippen LogP contribution is -1.45. The van der Waals surface area contributed by atoms with Crippen molar-refractivity contribution in [1.82, 2.24) is 4.37 Å². The molecule has 0 aliphatic carbocycles. The molecule has 0 unspecified atom stereocenters. The first-order valence-electron chi connectivity index (χ1n) is 1.40. The van der Waals surface area contributed by atoms with Gasteiger partial charge >= 0.3 is 0 Å². The van der Waals surface area contributed by atoms with Gasteiger partial charge in [-0.05, 0) is 11.5 Å². The maximum atomic E-state index is 8.36. The van der Waals surface area contributed by atoms with Gasteiger partial charge < -0.3 is 5.11 Å². The predicted molar refractivity (Wildman–Crippen MR) is 22.6 cm³/mol. The number of aromatic hydroxyl groups is 1. The van der Waals surface area contributed by atoms with Crippen LogP contribution in [-0.2, 0) is 0 Å². The van der Waals surface area contributed by atoms with E-state index in [0.29, 0.717) is 0 Å². The Morgan fingerprint density at radius 1 is 2.00 bits per heavy atom. The highest BCUT2D eigenvalue weighted by Crippen LogP contribution is 2.05. The van der Waals surface area contributed by atoms with Crippen molar-refractivity contribution >= 4 is 11.5 Å². The van der Waals surface area contributed by atoms with Gasteiger partial charge in [0, 0.05) is 0 Å². The summed E-state index contributed by atoms with van der Waals surface area (Å²) < 4.78 is 3.49. The molecular formula is C3H2NOS. The summed E-state index contributed by atoms with van der Waals surface area (Å²) in [6.07, 6.45) is 2.32. The van der Waals surface area contributed by atoms with Gasteiger partial charge in [-0.25, -0.2) is 0 Å². The first-order valence-corrected chi connectivity index (χ1v) is 2.24. The largest absolute Gasteiger partial charge is 0.505 e. The van der Waals surface area contributed by atoms with Crippen molar-refractivity contribution in [3.05, 3.63) is 11.6 Å². The van der Waals surface area contributed by atoms with Gasteiger partial charge in [0.05, 0.1) is 5.38 Å². The molecule has 0 aromatic carbocycles. The van der Waals surface area contributed by atoms with E-state index >= 15 is 0 Å². The molecule has 0 aliphatic rings. The molecule has 0 bridgehead atoms. The third-order valence-electron chi connectivity index (χ3n) is 0.377. The van der Waals surface area contributed by atoms with Gasteiger partial charge in [0.25, 0.3) is 0 Å². The van der Waals surface area contributed by atoms with Crippen LogP contribution in [0.3, 0.4) is 0 Å². The zero-order chi connectivity index (χ0) is 4.41. The molecule has 0 saturated carbocycles. The van der Waals surface area contributed by atoms with E-state index in [1.807, 2.05) is 0 Å². The molecular weight excluding hydrogens is 98.1 g/mol. The van der Waals surface area contributed by atoms with Crippen molar-refractivity contribution in [2.75, 3.05) is 0 Å². The smallest absolute Gasteiger partial charge is 0.156 e. The molecule has 0 spiro atoms. The molecule has 1 N–H and O–H groups in total. The summed E-state index contributed by atoms with van der Waals surface area (Å²) in [5.41, 5.74) is 0. The fourth-order valence-electron chi connectivity index (χ4n) is 0.176. The summed E-state index contributed by atoms with van der Waals surface area (Å²) in [6.45, 7) is 0. The molecule has 1 rings (SSSR count). The predicted octanol–water partition coefficient (Wildman–Crippen LogP) is 0.649. The summed E-state index contributed by atoms with van der Waals surface area (Å²) >= 11 is 1.18. The Hall–Kier alpha value is -0.570. The molecule has 1 radical (unpaired) electrons. The second-order valence-corrected chi connectivity index (χ2v) is 1.44. The Kier molecular flexibility index (Phi) is 0.759. The zero-order valence-electron chi connectivity index (χ0n) is 2.88. The number of hydrogen-bond acceptors (Lipinski definition) is 3. The standard InChI is InChI=1S/C3H2NOS/c5-3-1-4-6-2-3/h2,5H. The van der Waals surface area contributed by atoms with E-state index in [0.717, 1.165) is 0 Å². The molecule has 0 fully saturated rings. The molecule has 0 amide bonds. The molecule has 1 heterocycles. The van der Waals surface area contributed by atoms with Crippen molar-refractivity contribution < 1.29 is 5.11 Å². The number of nitrogens with zero attached hydrogens (tertiary/aromatic N) is 1. The lowest BCUT2D eigenvalue weighted by molar-refractivity contribution is 0.475. The van der Waals surface area contributed by atoms with Gasteiger partial charge in [0.2, 0.25) is 0 Å². The maximum Gasteiger partial charge on any atom is 0.156 e. The highest BCUT2D eigenvalue weighted by Gasteiger charge is 1.81. The van der Waals surface area contributed by atoms with Gasteiger partial charge in [-0.1, -0.05) is 0 Å².